The molecule has 1 heterocycles. The lowest BCUT2D eigenvalue weighted by Gasteiger charge is -2.22. The number of amides is 2. The highest BCUT2D eigenvalue weighted by Crippen LogP contribution is 2.05. The van der Waals surface area contributed by atoms with Gasteiger partial charge in [0.1, 0.15) is 5.76 Å². The monoisotopic (exact) mass is 270 g/mol. The zero-order valence-electron chi connectivity index (χ0n) is 11.0. The summed E-state index contributed by atoms with van der Waals surface area (Å²) in [5.74, 6) is -0.500. The van der Waals surface area contributed by atoms with Gasteiger partial charge in [-0.15, -0.1) is 0 Å². The number of carboxylic acid groups (broad SMARTS) is 1. The maximum absolute atomic E-state index is 11.9. The zero-order valence-corrected chi connectivity index (χ0v) is 11.0. The van der Waals surface area contributed by atoms with Crippen LogP contribution in [0.25, 0.3) is 0 Å². The summed E-state index contributed by atoms with van der Waals surface area (Å²) in [4.78, 5) is 24.3. The first-order valence-corrected chi connectivity index (χ1v) is 5.88. The average molecular weight is 270 g/mol. The van der Waals surface area contributed by atoms with Crippen LogP contribution in [0.3, 0.4) is 0 Å². The third-order valence-electron chi connectivity index (χ3n) is 2.52. The molecule has 0 aromatic carbocycles. The molecule has 0 saturated heterocycles. The predicted octanol–water partition coefficient (Wildman–Crippen LogP) is 0.911. The fourth-order valence-electron chi connectivity index (χ4n) is 1.50. The Kier molecular flexibility index (Phi) is 5.87. The molecule has 7 heteroatoms. The average Bonchev–Trinajstić information content (AvgIpc) is 2.87. The number of ether oxygens (including phenoxy) is 1. The molecular weight excluding hydrogens is 252 g/mol. The van der Waals surface area contributed by atoms with Gasteiger partial charge in [0.25, 0.3) is 0 Å². The van der Waals surface area contributed by atoms with Crippen molar-refractivity contribution >= 4 is 12.0 Å². The number of carbonyl (C=O) groups excluding carboxylic acids is 1. The molecule has 0 radical (unpaired) electrons. The van der Waals surface area contributed by atoms with E-state index < -0.39 is 18.0 Å². The maximum Gasteiger partial charge on any atom is 0.328 e. The molecule has 19 heavy (non-hydrogen) atoms. The molecule has 0 aliphatic heterocycles. The predicted molar refractivity (Wildman–Crippen MR) is 66.6 cm³/mol. The van der Waals surface area contributed by atoms with E-state index in [1.807, 2.05) is 0 Å². The number of carboxylic acids is 1. The Bertz CT molecular complexity index is 404. The Morgan fingerprint density at radius 3 is 2.79 bits per heavy atom. The van der Waals surface area contributed by atoms with Crippen molar-refractivity contribution in [1.29, 1.82) is 0 Å². The number of methoxy groups -OCH3 is 1. The number of hydrogen-bond donors (Lipinski definition) is 2. The summed E-state index contributed by atoms with van der Waals surface area (Å²) in [6.45, 7) is 2.44. The van der Waals surface area contributed by atoms with E-state index in [4.69, 9.17) is 14.3 Å². The molecule has 1 atom stereocenters. The van der Waals surface area contributed by atoms with Crippen LogP contribution in [0.2, 0.25) is 0 Å². The molecule has 0 bridgehead atoms. The van der Waals surface area contributed by atoms with Gasteiger partial charge in [0.05, 0.1) is 19.4 Å². The fraction of sp³-hybridized carbons (Fsp3) is 0.500. The first kappa shape index (κ1) is 15.0. The smallest absolute Gasteiger partial charge is 0.328 e. The lowest BCUT2D eigenvalue weighted by Crippen LogP contribution is -2.49. The summed E-state index contributed by atoms with van der Waals surface area (Å²) < 4.78 is 9.91. The Morgan fingerprint density at radius 1 is 1.58 bits per heavy atom. The zero-order chi connectivity index (χ0) is 14.3. The number of rotatable bonds is 7. The van der Waals surface area contributed by atoms with E-state index in [0.29, 0.717) is 12.3 Å². The van der Waals surface area contributed by atoms with Crippen LogP contribution < -0.4 is 5.32 Å². The quantitative estimate of drug-likeness (QED) is 0.768. The number of nitrogens with one attached hydrogen (secondary N) is 1. The van der Waals surface area contributed by atoms with E-state index in [0.717, 1.165) is 0 Å². The second-order valence-electron chi connectivity index (χ2n) is 3.89. The first-order valence-electron chi connectivity index (χ1n) is 5.88. The molecule has 1 aromatic rings. The van der Waals surface area contributed by atoms with E-state index in [1.54, 1.807) is 19.1 Å². The molecule has 0 saturated carbocycles. The fourth-order valence-corrected chi connectivity index (χ4v) is 1.50. The summed E-state index contributed by atoms with van der Waals surface area (Å²) >= 11 is 0. The number of urea groups is 1. The molecule has 106 valence electrons. The minimum absolute atomic E-state index is 0.0839. The van der Waals surface area contributed by atoms with Crippen LogP contribution >= 0.6 is 0 Å². The molecule has 0 aliphatic carbocycles. The van der Waals surface area contributed by atoms with Crippen molar-refractivity contribution in [1.82, 2.24) is 10.2 Å². The highest BCUT2D eigenvalue weighted by molar-refractivity contribution is 5.82. The minimum Gasteiger partial charge on any atom is -0.480 e. The molecule has 0 fully saturated rings. The van der Waals surface area contributed by atoms with E-state index >= 15 is 0 Å². The third kappa shape index (κ3) is 4.63. The molecular formula is C12H18N2O5. The summed E-state index contributed by atoms with van der Waals surface area (Å²) in [5, 5.41) is 11.3. The summed E-state index contributed by atoms with van der Waals surface area (Å²) in [7, 11) is 1.38. The van der Waals surface area contributed by atoms with Crippen molar-refractivity contribution in [2.45, 2.75) is 19.5 Å². The van der Waals surface area contributed by atoms with Crippen LogP contribution in [0.1, 0.15) is 12.7 Å². The van der Waals surface area contributed by atoms with Crippen molar-refractivity contribution < 1.29 is 23.8 Å². The second-order valence-corrected chi connectivity index (χ2v) is 3.89. The maximum atomic E-state index is 11.9. The molecule has 1 rings (SSSR count). The first-order chi connectivity index (χ1) is 9.08. The van der Waals surface area contributed by atoms with Gasteiger partial charge in [0, 0.05) is 13.7 Å². The van der Waals surface area contributed by atoms with Crippen molar-refractivity contribution in [2.24, 2.45) is 0 Å². The van der Waals surface area contributed by atoms with Gasteiger partial charge >= 0.3 is 12.0 Å². The van der Waals surface area contributed by atoms with Crippen LogP contribution in [-0.4, -0.2) is 48.3 Å². The number of aliphatic carboxylic acids is 1. The summed E-state index contributed by atoms with van der Waals surface area (Å²) in [6, 6.07) is 1.94. The molecule has 1 aromatic heterocycles. The third-order valence-corrected chi connectivity index (χ3v) is 2.52. The molecule has 1 unspecified atom stereocenters. The van der Waals surface area contributed by atoms with Crippen molar-refractivity contribution in [3.05, 3.63) is 24.2 Å². The molecule has 7 nitrogen and oxygen atoms in total. The molecule has 0 spiro atoms. The normalized spacial score (nSPS) is 11.9. The highest BCUT2D eigenvalue weighted by Gasteiger charge is 2.22. The molecule has 2 N–H and O–H groups in total. The molecule has 0 aliphatic rings. The molecule has 2 amide bonds. The Hall–Kier alpha value is -2.02. The number of furan rings is 1. The van der Waals surface area contributed by atoms with Crippen molar-refractivity contribution in [2.75, 3.05) is 20.3 Å². The highest BCUT2D eigenvalue weighted by atomic mass is 16.5. The van der Waals surface area contributed by atoms with Gasteiger partial charge in [-0.25, -0.2) is 9.59 Å². The number of nitrogens with zero attached hydrogens (tertiary/aromatic N) is 1. The topological polar surface area (TPSA) is 92.0 Å². The lowest BCUT2D eigenvalue weighted by atomic mass is 10.3. The Labute approximate surface area is 111 Å². The van der Waals surface area contributed by atoms with Gasteiger partial charge in [-0.3, -0.25) is 0 Å². The van der Waals surface area contributed by atoms with Crippen LogP contribution in [0.5, 0.6) is 0 Å². The van der Waals surface area contributed by atoms with Crippen LogP contribution in [0.4, 0.5) is 4.79 Å². The number of carbonyl (C=O) groups is 2. The van der Waals surface area contributed by atoms with Gasteiger partial charge in [-0.2, -0.15) is 0 Å². The van der Waals surface area contributed by atoms with Gasteiger partial charge < -0.3 is 24.5 Å². The largest absolute Gasteiger partial charge is 0.480 e. The lowest BCUT2D eigenvalue weighted by molar-refractivity contribution is -0.140. The minimum atomic E-state index is -1.13. The number of hydrogen-bond acceptors (Lipinski definition) is 4. The van der Waals surface area contributed by atoms with Crippen molar-refractivity contribution in [3.8, 4) is 0 Å². The van der Waals surface area contributed by atoms with E-state index in [-0.39, 0.29) is 13.2 Å². The van der Waals surface area contributed by atoms with Gasteiger partial charge in [-0.05, 0) is 19.1 Å². The van der Waals surface area contributed by atoms with Gasteiger partial charge in [-0.1, -0.05) is 0 Å². The van der Waals surface area contributed by atoms with Crippen LogP contribution in [0.15, 0.2) is 22.8 Å². The van der Waals surface area contributed by atoms with Crippen LogP contribution in [-0.2, 0) is 16.1 Å². The van der Waals surface area contributed by atoms with E-state index in [2.05, 4.69) is 5.32 Å². The summed E-state index contributed by atoms with van der Waals surface area (Å²) in [5.41, 5.74) is 0. The second kappa shape index (κ2) is 7.42. The van der Waals surface area contributed by atoms with Crippen LogP contribution in [0, 0.1) is 0 Å². The van der Waals surface area contributed by atoms with Gasteiger partial charge in [0.2, 0.25) is 0 Å². The van der Waals surface area contributed by atoms with Gasteiger partial charge in [0.15, 0.2) is 6.04 Å². The van der Waals surface area contributed by atoms with E-state index in [1.165, 1.54) is 18.3 Å². The van der Waals surface area contributed by atoms with E-state index in [9.17, 15) is 9.59 Å². The summed E-state index contributed by atoms with van der Waals surface area (Å²) in [6.07, 6.45) is 1.52. The standard InChI is InChI=1S/C12H18N2O5/c1-3-14(7-9-5-4-6-19-9)12(17)13-10(8-18-2)11(15)16/h4-6,10H,3,7-8H2,1-2H3,(H,13,17)(H,15,16). The Morgan fingerprint density at radius 2 is 2.32 bits per heavy atom. The van der Waals surface area contributed by atoms with Crippen molar-refractivity contribution in [3.63, 3.8) is 0 Å². The SMILES string of the molecule is CCN(Cc1ccco1)C(=O)NC(COC)C(=O)O. The Balaban J connectivity index is 2.59.